The van der Waals surface area contributed by atoms with Gasteiger partial charge >= 0.3 is 0 Å². The van der Waals surface area contributed by atoms with Crippen LogP contribution < -0.4 is 0 Å². The number of Topliss-reactive ketones (excluding diaryl/α,β-unsaturated/α-hetero) is 1. The van der Waals surface area contributed by atoms with E-state index in [0.29, 0.717) is 17.4 Å². The van der Waals surface area contributed by atoms with Crippen LogP contribution >= 0.6 is 11.6 Å². The molecule has 0 bridgehead atoms. The van der Waals surface area contributed by atoms with Crippen LogP contribution in [0.3, 0.4) is 0 Å². The van der Waals surface area contributed by atoms with Crippen molar-refractivity contribution in [3.63, 3.8) is 0 Å². The Hall–Kier alpha value is -2.13. The predicted molar refractivity (Wildman–Crippen MR) is 100 cm³/mol. The van der Waals surface area contributed by atoms with E-state index in [1.165, 1.54) is 0 Å². The van der Waals surface area contributed by atoms with E-state index >= 15 is 0 Å². The Balaban J connectivity index is 1.45. The van der Waals surface area contributed by atoms with E-state index in [1.54, 1.807) is 24.3 Å². The largest absolute Gasteiger partial charge is 0.339 e. The predicted octanol–water partition coefficient (Wildman–Crippen LogP) is 4.86. The Morgan fingerprint density at radius 2 is 1.56 bits per heavy atom. The smallest absolute Gasteiger partial charge is 0.253 e. The lowest BCUT2D eigenvalue weighted by Gasteiger charge is -2.32. The molecule has 4 heteroatoms. The first-order valence-corrected chi connectivity index (χ1v) is 9.14. The summed E-state index contributed by atoms with van der Waals surface area (Å²) < 4.78 is 0. The maximum absolute atomic E-state index is 12.4. The number of nitrogens with zero attached hydrogens (tertiary/aromatic N) is 1. The van der Waals surface area contributed by atoms with Gasteiger partial charge in [0.05, 0.1) is 0 Å². The summed E-state index contributed by atoms with van der Waals surface area (Å²) in [7, 11) is 0. The van der Waals surface area contributed by atoms with Crippen molar-refractivity contribution in [2.75, 3.05) is 13.1 Å². The van der Waals surface area contributed by atoms with Crippen molar-refractivity contribution in [2.24, 2.45) is 5.92 Å². The summed E-state index contributed by atoms with van der Waals surface area (Å²) in [6.07, 6.45) is 3.37. The molecule has 1 fully saturated rings. The first-order chi connectivity index (χ1) is 12.1. The van der Waals surface area contributed by atoms with E-state index < -0.39 is 0 Å². The minimum atomic E-state index is 0.108. The fourth-order valence-corrected chi connectivity index (χ4v) is 3.43. The Bertz CT molecular complexity index is 719. The molecular weight excluding hydrogens is 334 g/mol. The summed E-state index contributed by atoms with van der Waals surface area (Å²) in [5, 5.41) is 0.645. The second-order valence-corrected chi connectivity index (χ2v) is 7.01. The van der Waals surface area contributed by atoms with Crippen LogP contribution in [-0.4, -0.2) is 29.7 Å². The zero-order chi connectivity index (χ0) is 17.6. The number of likely N-dealkylation sites (tertiary alicyclic amines) is 1. The minimum absolute atomic E-state index is 0.108. The number of hydrogen-bond donors (Lipinski definition) is 0. The lowest BCUT2D eigenvalue weighted by molar-refractivity contribution is 0.0681. The molecular formula is C21H22ClNO2. The molecule has 0 atom stereocenters. The Morgan fingerprint density at radius 3 is 2.20 bits per heavy atom. The molecule has 0 saturated carbocycles. The third-order valence-corrected chi connectivity index (χ3v) is 5.12. The van der Waals surface area contributed by atoms with Gasteiger partial charge < -0.3 is 4.90 Å². The van der Waals surface area contributed by atoms with E-state index in [-0.39, 0.29) is 11.7 Å². The maximum Gasteiger partial charge on any atom is 0.253 e. The van der Waals surface area contributed by atoms with E-state index in [4.69, 9.17) is 11.6 Å². The molecule has 0 N–H and O–H groups in total. The van der Waals surface area contributed by atoms with Gasteiger partial charge in [0, 0.05) is 35.7 Å². The SMILES string of the molecule is O=C(CCC1CCN(C(=O)c2ccccc2)CC1)c1ccc(Cl)cc1. The van der Waals surface area contributed by atoms with Crippen LogP contribution in [0.1, 0.15) is 46.4 Å². The summed E-state index contributed by atoms with van der Waals surface area (Å²) >= 11 is 5.86. The topological polar surface area (TPSA) is 37.4 Å². The summed E-state index contributed by atoms with van der Waals surface area (Å²) in [6.45, 7) is 1.54. The number of benzene rings is 2. The molecule has 25 heavy (non-hydrogen) atoms. The Labute approximate surface area is 153 Å². The molecule has 130 valence electrons. The number of hydrogen-bond acceptors (Lipinski definition) is 2. The fraction of sp³-hybridized carbons (Fsp3) is 0.333. The standard InChI is InChI=1S/C21H22ClNO2/c22-19-9-7-17(8-10-19)20(24)11-6-16-12-14-23(15-13-16)21(25)18-4-2-1-3-5-18/h1-5,7-10,16H,6,11-15H2. The van der Waals surface area contributed by atoms with Gasteiger partial charge in [-0.3, -0.25) is 9.59 Å². The lowest BCUT2D eigenvalue weighted by atomic mass is 9.90. The highest BCUT2D eigenvalue weighted by molar-refractivity contribution is 6.30. The number of carbonyl (C=O) groups is 2. The zero-order valence-electron chi connectivity index (χ0n) is 14.2. The third kappa shape index (κ3) is 4.70. The van der Waals surface area contributed by atoms with Gasteiger partial charge in [-0.05, 0) is 61.6 Å². The third-order valence-electron chi connectivity index (χ3n) is 4.87. The molecule has 0 aliphatic carbocycles. The van der Waals surface area contributed by atoms with Crippen molar-refractivity contribution < 1.29 is 9.59 Å². The fourth-order valence-electron chi connectivity index (χ4n) is 3.30. The molecule has 1 amide bonds. The summed E-state index contributed by atoms with van der Waals surface area (Å²) in [6, 6.07) is 16.5. The van der Waals surface area contributed by atoms with Crippen LogP contribution in [-0.2, 0) is 0 Å². The summed E-state index contributed by atoms with van der Waals surface area (Å²) in [4.78, 5) is 26.6. The van der Waals surface area contributed by atoms with Crippen molar-refractivity contribution in [1.82, 2.24) is 4.90 Å². The molecule has 2 aromatic rings. The highest BCUT2D eigenvalue weighted by Gasteiger charge is 2.24. The molecule has 1 saturated heterocycles. The van der Waals surface area contributed by atoms with Crippen LogP contribution in [0.2, 0.25) is 5.02 Å². The monoisotopic (exact) mass is 355 g/mol. The van der Waals surface area contributed by atoms with Gasteiger partial charge in [0.1, 0.15) is 0 Å². The maximum atomic E-state index is 12.4. The van der Waals surface area contributed by atoms with Gasteiger partial charge in [-0.25, -0.2) is 0 Å². The normalized spacial score (nSPS) is 15.2. The zero-order valence-corrected chi connectivity index (χ0v) is 14.9. The quantitative estimate of drug-likeness (QED) is 0.718. The van der Waals surface area contributed by atoms with Crippen molar-refractivity contribution in [2.45, 2.75) is 25.7 Å². The number of amides is 1. The summed E-state index contributed by atoms with van der Waals surface area (Å²) in [5.41, 5.74) is 1.47. The van der Waals surface area contributed by atoms with Crippen LogP contribution in [0.4, 0.5) is 0 Å². The molecule has 2 aromatic carbocycles. The van der Waals surface area contributed by atoms with Crippen molar-refractivity contribution in [3.8, 4) is 0 Å². The second-order valence-electron chi connectivity index (χ2n) is 6.57. The van der Waals surface area contributed by atoms with Gasteiger partial charge in [0.25, 0.3) is 5.91 Å². The highest BCUT2D eigenvalue weighted by Crippen LogP contribution is 2.24. The molecule has 0 unspecified atom stereocenters. The van der Waals surface area contributed by atoms with E-state index in [1.807, 2.05) is 35.2 Å². The van der Waals surface area contributed by atoms with Gasteiger partial charge in [0.15, 0.2) is 5.78 Å². The molecule has 0 aromatic heterocycles. The van der Waals surface area contributed by atoms with Crippen LogP contribution in [0.25, 0.3) is 0 Å². The van der Waals surface area contributed by atoms with Crippen LogP contribution in [0.5, 0.6) is 0 Å². The van der Waals surface area contributed by atoms with Gasteiger partial charge in [-0.2, -0.15) is 0 Å². The lowest BCUT2D eigenvalue weighted by Crippen LogP contribution is -2.38. The Kier molecular flexibility index (Phi) is 5.87. The molecule has 1 heterocycles. The molecule has 3 nitrogen and oxygen atoms in total. The van der Waals surface area contributed by atoms with E-state index in [0.717, 1.165) is 43.5 Å². The van der Waals surface area contributed by atoms with Gasteiger partial charge in [-0.15, -0.1) is 0 Å². The number of ketones is 1. The highest BCUT2D eigenvalue weighted by atomic mass is 35.5. The molecule has 0 spiro atoms. The first-order valence-electron chi connectivity index (χ1n) is 8.76. The van der Waals surface area contributed by atoms with Crippen LogP contribution in [0.15, 0.2) is 54.6 Å². The number of carbonyl (C=O) groups excluding carboxylic acids is 2. The summed E-state index contributed by atoms with van der Waals surface area (Å²) in [5.74, 6) is 0.784. The van der Waals surface area contributed by atoms with Crippen molar-refractivity contribution in [1.29, 1.82) is 0 Å². The van der Waals surface area contributed by atoms with E-state index in [9.17, 15) is 9.59 Å². The molecule has 1 aliphatic rings. The molecule has 3 rings (SSSR count). The van der Waals surface area contributed by atoms with Crippen LogP contribution in [0, 0.1) is 5.92 Å². The second kappa shape index (κ2) is 8.30. The minimum Gasteiger partial charge on any atom is -0.339 e. The number of rotatable bonds is 5. The molecule has 1 aliphatic heterocycles. The average Bonchev–Trinajstić information content (AvgIpc) is 2.67. The van der Waals surface area contributed by atoms with E-state index in [2.05, 4.69) is 0 Å². The number of piperidine rings is 1. The Morgan fingerprint density at radius 1 is 0.920 bits per heavy atom. The average molecular weight is 356 g/mol. The number of halogens is 1. The van der Waals surface area contributed by atoms with Crippen molar-refractivity contribution >= 4 is 23.3 Å². The molecule has 0 radical (unpaired) electrons. The van der Waals surface area contributed by atoms with Gasteiger partial charge in [0.2, 0.25) is 0 Å². The first kappa shape index (κ1) is 17.7. The van der Waals surface area contributed by atoms with Gasteiger partial charge in [-0.1, -0.05) is 29.8 Å². The van der Waals surface area contributed by atoms with Crippen molar-refractivity contribution in [3.05, 3.63) is 70.7 Å².